The molecular formula is C8H16Br2O3. The van der Waals surface area contributed by atoms with E-state index in [9.17, 15) is 0 Å². The average molecular weight is 320 g/mol. The van der Waals surface area contributed by atoms with Crippen LogP contribution in [0.3, 0.4) is 0 Å². The van der Waals surface area contributed by atoms with Gasteiger partial charge in [-0.1, -0.05) is 31.9 Å². The van der Waals surface area contributed by atoms with Crippen molar-refractivity contribution in [1.82, 2.24) is 0 Å². The molecule has 0 aliphatic heterocycles. The van der Waals surface area contributed by atoms with E-state index < -0.39 is 0 Å². The molecule has 0 heterocycles. The van der Waals surface area contributed by atoms with Crippen LogP contribution in [-0.4, -0.2) is 36.5 Å². The number of ether oxygens (including phenoxy) is 3. The third-order valence-corrected chi connectivity index (χ3v) is 1.89. The number of alkyl halides is 2. The van der Waals surface area contributed by atoms with Crippen molar-refractivity contribution in [3.05, 3.63) is 0 Å². The Kier molecular flexibility index (Phi) is 10.0. The summed E-state index contributed by atoms with van der Waals surface area (Å²) in [5.41, 5.74) is 0. The predicted octanol–water partition coefficient (Wildman–Crippen LogP) is 2.52. The van der Waals surface area contributed by atoms with Gasteiger partial charge in [0.1, 0.15) is 0 Å². The molecule has 0 saturated heterocycles. The lowest BCUT2D eigenvalue weighted by Crippen LogP contribution is -2.23. The third kappa shape index (κ3) is 9.15. The Morgan fingerprint density at radius 2 is 1.31 bits per heavy atom. The molecule has 0 aliphatic carbocycles. The minimum Gasteiger partial charge on any atom is -0.352 e. The molecule has 0 N–H and O–H groups in total. The summed E-state index contributed by atoms with van der Waals surface area (Å²) in [6.45, 7) is 5.01. The van der Waals surface area contributed by atoms with Crippen molar-refractivity contribution >= 4 is 31.9 Å². The van der Waals surface area contributed by atoms with Crippen molar-refractivity contribution in [2.45, 2.75) is 26.4 Å². The number of rotatable bonds is 8. The van der Waals surface area contributed by atoms with Gasteiger partial charge in [-0.05, 0) is 13.8 Å². The fourth-order valence-corrected chi connectivity index (χ4v) is 1.14. The van der Waals surface area contributed by atoms with Crippen LogP contribution >= 0.6 is 31.9 Å². The second-order valence-corrected chi connectivity index (χ2v) is 3.98. The van der Waals surface area contributed by atoms with Gasteiger partial charge in [-0.25, -0.2) is 0 Å². The zero-order valence-corrected chi connectivity index (χ0v) is 11.1. The van der Waals surface area contributed by atoms with Gasteiger partial charge in [-0.3, -0.25) is 0 Å². The van der Waals surface area contributed by atoms with Gasteiger partial charge in [-0.2, -0.15) is 0 Å². The Labute approximate surface area is 96.4 Å². The minimum absolute atomic E-state index is 0.220. The van der Waals surface area contributed by atoms with Crippen molar-refractivity contribution < 1.29 is 14.2 Å². The summed E-state index contributed by atoms with van der Waals surface area (Å²) in [7, 11) is 0. The molecule has 0 amide bonds. The van der Waals surface area contributed by atoms with Gasteiger partial charge < -0.3 is 14.2 Å². The second kappa shape index (κ2) is 9.40. The number of hydrogen-bond acceptors (Lipinski definition) is 3. The van der Waals surface area contributed by atoms with Crippen LogP contribution in [0.5, 0.6) is 0 Å². The predicted molar refractivity (Wildman–Crippen MR) is 59.5 cm³/mol. The fourth-order valence-electron chi connectivity index (χ4n) is 0.769. The summed E-state index contributed by atoms with van der Waals surface area (Å²) in [6, 6.07) is 0. The summed E-state index contributed by atoms with van der Waals surface area (Å²) < 4.78 is 15.9. The summed E-state index contributed by atoms with van der Waals surface area (Å²) in [4.78, 5) is 0. The topological polar surface area (TPSA) is 27.7 Å². The van der Waals surface area contributed by atoms with E-state index in [1.54, 1.807) is 0 Å². The third-order valence-electron chi connectivity index (χ3n) is 1.24. The number of hydrogen-bond donors (Lipinski definition) is 0. The Hall–Kier alpha value is 0.840. The lowest BCUT2D eigenvalue weighted by Gasteiger charge is -2.19. The van der Waals surface area contributed by atoms with Crippen molar-refractivity contribution in [2.24, 2.45) is 0 Å². The van der Waals surface area contributed by atoms with E-state index >= 15 is 0 Å². The largest absolute Gasteiger partial charge is 0.352 e. The fraction of sp³-hybridized carbons (Fsp3) is 1.00. The maximum absolute atomic E-state index is 5.37. The molecular weight excluding hydrogens is 304 g/mol. The van der Waals surface area contributed by atoms with Crippen molar-refractivity contribution in [1.29, 1.82) is 0 Å². The molecule has 0 aromatic rings. The van der Waals surface area contributed by atoms with Gasteiger partial charge in [0.05, 0.1) is 13.2 Å². The summed E-state index contributed by atoms with van der Waals surface area (Å²) in [5.74, 6) is 0. The smallest absolute Gasteiger partial charge is 0.157 e. The van der Waals surface area contributed by atoms with Crippen LogP contribution in [0, 0.1) is 0 Å². The molecule has 0 radical (unpaired) electrons. The molecule has 13 heavy (non-hydrogen) atoms. The van der Waals surface area contributed by atoms with Crippen LogP contribution in [-0.2, 0) is 14.2 Å². The van der Waals surface area contributed by atoms with Crippen LogP contribution in [0.4, 0.5) is 0 Å². The Bertz CT molecular complexity index is 102. The van der Waals surface area contributed by atoms with E-state index in [4.69, 9.17) is 14.2 Å². The molecule has 0 aliphatic rings. The normalized spacial score (nSPS) is 15.7. The van der Waals surface area contributed by atoms with Crippen molar-refractivity contribution in [3.63, 3.8) is 0 Å². The maximum atomic E-state index is 5.37. The molecule has 0 aromatic carbocycles. The highest BCUT2D eigenvalue weighted by molar-refractivity contribution is 9.09. The highest BCUT2D eigenvalue weighted by Crippen LogP contribution is 2.02. The van der Waals surface area contributed by atoms with Gasteiger partial charge >= 0.3 is 0 Å². The molecule has 0 fully saturated rings. The van der Waals surface area contributed by atoms with Crippen LogP contribution in [0.1, 0.15) is 13.8 Å². The van der Waals surface area contributed by atoms with Crippen molar-refractivity contribution in [3.8, 4) is 0 Å². The first-order valence-corrected chi connectivity index (χ1v) is 6.45. The first kappa shape index (κ1) is 13.8. The molecule has 3 nitrogen and oxygen atoms in total. The summed E-state index contributed by atoms with van der Waals surface area (Å²) >= 11 is 6.54. The first-order chi connectivity index (χ1) is 6.20. The Balaban J connectivity index is 3.35. The van der Waals surface area contributed by atoms with Crippen molar-refractivity contribution in [2.75, 3.05) is 23.9 Å². The Morgan fingerprint density at radius 3 is 1.62 bits per heavy atom. The molecule has 0 spiro atoms. The molecule has 0 saturated carbocycles. The van der Waals surface area contributed by atoms with E-state index in [2.05, 4.69) is 31.9 Å². The second-order valence-electron chi connectivity index (χ2n) is 2.39. The molecule has 2 atom stereocenters. The molecule has 5 heteroatoms. The average Bonchev–Trinajstić information content (AvgIpc) is 2.11. The Morgan fingerprint density at radius 1 is 0.923 bits per heavy atom. The molecule has 2 unspecified atom stereocenters. The zero-order chi connectivity index (χ0) is 10.1. The van der Waals surface area contributed by atoms with E-state index in [1.807, 2.05) is 13.8 Å². The highest BCUT2D eigenvalue weighted by Gasteiger charge is 2.07. The summed E-state index contributed by atoms with van der Waals surface area (Å²) in [5, 5.41) is 1.63. The monoisotopic (exact) mass is 318 g/mol. The van der Waals surface area contributed by atoms with Crippen LogP contribution in [0.25, 0.3) is 0 Å². The van der Waals surface area contributed by atoms with Crippen LogP contribution in [0.2, 0.25) is 0 Å². The van der Waals surface area contributed by atoms with E-state index in [1.165, 1.54) is 0 Å². The molecule has 0 bridgehead atoms. The maximum Gasteiger partial charge on any atom is 0.157 e. The van der Waals surface area contributed by atoms with Crippen LogP contribution in [0.15, 0.2) is 0 Å². The minimum atomic E-state index is -0.220. The van der Waals surface area contributed by atoms with Gasteiger partial charge in [0.25, 0.3) is 0 Å². The first-order valence-electron chi connectivity index (χ1n) is 4.21. The van der Waals surface area contributed by atoms with Gasteiger partial charge in [0.15, 0.2) is 12.6 Å². The van der Waals surface area contributed by atoms with Crippen LogP contribution < -0.4 is 0 Å². The standard InChI is InChI=1S/C8H16Br2O3/c1-7(11-5-3-9)13-8(2)12-6-4-10/h7-8H,3-6H2,1-2H3. The quantitative estimate of drug-likeness (QED) is 0.508. The van der Waals surface area contributed by atoms with E-state index in [0.717, 1.165) is 10.7 Å². The molecule has 80 valence electrons. The zero-order valence-electron chi connectivity index (χ0n) is 7.96. The van der Waals surface area contributed by atoms with Gasteiger partial charge in [0, 0.05) is 10.7 Å². The van der Waals surface area contributed by atoms with E-state index in [-0.39, 0.29) is 12.6 Å². The van der Waals surface area contributed by atoms with Gasteiger partial charge in [0.2, 0.25) is 0 Å². The summed E-state index contributed by atoms with van der Waals surface area (Å²) in [6.07, 6.45) is -0.439. The lowest BCUT2D eigenvalue weighted by molar-refractivity contribution is -0.227. The molecule has 0 aromatic heterocycles. The van der Waals surface area contributed by atoms with Gasteiger partial charge in [-0.15, -0.1) is 0 Å². The molecule has 0 rings (SSSR count). The van der Waals surface area contributed by atoms with E-state index in [0.29, 0.717) is 13.2 Å². The number of halogens is 2. The highest BCUT2D eigenvalue weighted by atomic mass is 79.9. The lowest BCUT2D eigenvalue weighted by atomic mass is 10.6. The SMILES string of the molecule is CC(OCCBr)OC(C)OCCBr.